The van der Waals surface area contributed by atoms with Crippen LogP contribution < -0.4 is 20.7 Å². The topological polar surface area (TPSA) is 126 Å². The number of pyridine rings is 1. The second-order valence-electron chi connectivity index (χ2n) is 13.9. The van der Waals surface area contributed by atoms with E-state index in [-0.39, 0.29) is 18.4 Å². The first-order chi connectivity index (χ1) is 25.4. The van der Waals surface area contributed by atoms with Crippen molar-refractivity contribution in [2.24, 2.45) is 7.05 Å². The highest BCUT2D eigenvalue weighted by molar-refractivity contribution is 6.31. The summed E-state index contributed by atoms with van der Waals surface area (Å²) in [6.45, 7) is 4.33. The van der Waals surface area contributed by atoms with Crippen molar-refractivity contribution in [2.45, 2.75) is 56.9 Å². The molecule has 14 heteroatoms. The number of benzene rings is 2. The van der Waals surface area contributed by atoms with Crippen molar-refractivity contribution in [2.75, 3.05) is 47.9 Å². The molecule has 12 nitrogen and oxygen atoms in total. The zero-order valence-electron chi connectivity index (χ0n) is 31.3. The van der Waals surface area contributed by atoms with Gasteiger partial charge in [0, 0.05) is 49.9 Å². The Morgan fingerprint density at radius 2 is 1.79 bits per heavy atom. The number of carbonyl (C=O) groups is 2. The Morgan fingerprint density at radius 3 is 2.45 bits per heavy atom. The number of nitrogens with zero attached hydrogens (tertiary/aromatic N) is 5. The molecule has 0 saturated carbocycles. The lowest BCUT2D eigenvalue weighted by Crippen LogP contribution is -2.64. The van der Waals surface area contributed by atoms with Crippen LogP contribution in [0.25, 0.3) is 11.4 Å². The van der Waals surface area contributed by atoms with Crippen LogP contribution >= 0.6 is 23.2 Å². The predicted octanol–water partition coefficient (Wildman–Crippen LogP) is 5.08. The molecule has 0 bridgehead atoms. The number of carbonyl (C=O) groups excluding carboxylic acids is 2. The summed E-state index contributed by atoms with van der Waals surface area (Å²) in [5, 5.41) is 10.8. The van der Waals surface area contributed by atoms with Crippen molar-refractivity contribution in [3.8, 4) is 22.9 Å². The number of nitrogens with one attached hydrogen (secondary N) is 3. The SMILES string of the molecule is COCC(NC(=O)C(C)NCc1ccc(Cl)cc1Oc1ccc(-c2cnc(CN(C)C)n2C)nc1)C(=O)N(C)[C@@]1(Cc2ccc(Cl)cc2)CCCNC1. The van der Waals surface area contributed by atoms with Crippen LogP contribution in [0.5, 0.6) is 11.5 Å². The van der Waals surface area contributed by atoms with Crippen LogP contribution in [0.1, 0.15) is 36.7 Å². The molecule has 0 spiro atoms. The van der Waals surface area contributed by atoms with Crippen molar-refractivity contribution < 1.29 is 19.1 Å². The van der Waals surface area contributed by atoms with Gasteiger partial charge in [0.25, 0.3) is 0 Å². The van der Waals surface area contributed by atoms with Crippen molar-refractivity contribution in [1.82, 2.24) is 40.3 Å². The minimum Gasteiger partial charge on any atom is -0.455 e. The summed E-state index contributed by atoms with van der Waals surface area (Å²) in [4.78, 5) is 40.6. The van der Waals surface area contributed by atoms with Crippen LogP contribution in [0, 0.1) is 0 Å². The van der Waals surface area contributed by atoms with Crippen molar-refractivity contribution >= 4 is 35.0 Å². The molecular formula is C39H50Cl2N8O4. The third-order valence-corrected chi connectivity index (χ3v) is 10.2. The third-order valence-electron chi connectivity index (χ3n) is 9.68. The summed E-state index contributed by atoms with van der Waals surface area (Å²) in [7, 11) is 9.32. The van der Waals surface area contributed by atoms with Crippen LogP contribution in [-0.2, 0) is 40.9 Å². The van der Waals surface area contributed by atoms with E-state index in [0.717, 1.165) is 54.3 Å². The monoisotopic (exact) mass is 764 g/mol. The van der Waals surface area contributed by atoms with Gasteiger partial charge in [0.05, 0.1) is 48.5 Å². The smallest absolute Gasteiger partial charge is 0.247 e. The maximum absolute atomic E-state index is 14.0. The first-order valence-corrected chi connectivity index (χ1v) is 18.5. The van der Waals surface area contributed by atoms with E-state index in [9.17, 15) is 9.59 Å². The second-order valence-corrected chi connectivity index (χ2v) is 14.8. The highest BCUT2D eigenvalue weighted by Gasteiger charge is 2.41. The highest BCUT2D eigenvalue weighted by atomic mass is 35.5. The third kappa shape index (κ3) is 10.3. The number of piperidine rings is 1. The molecule has 2 aromatic carbocycles. The molecule has 2 amide bonds. The van der Waals surface area contributed by atoms with Crippen LogP contribution in [-0.4, -0.2) is 102 Å². The molecule has 5 rings (SSSR count). The Bertz CT molecular complexity index is 1830. The Labute approximate surface area is 322 Å². The molecule has 4 aromatic rings. The van der Waals surface area contributed by atoms with E-state index >= 15 is 0 Å². The van der Waals surface area contributed by atoms with E-state index in [0.29, 0.717) is 41.1 Å². The van der Waals surface area contributed by atoms with Crippen molar-refractivity contribution in [1.29, 1.82) is 0 Å². The molecule has 1 saturated heterocycles. The molecule has 1 fully saturated rings. The molecule has 3 N–H and O–H groups in total. The summed E-state index contributed by atoms with van der Waals surface area (Å²) in [5.41, 5.74) is 3.07. The van der Waals surface area contributed by atoms with E-state index in [1.54, 1.807) is 30.2 Å². The molecule has 1 aliphatic heterocycles. The zero-order valence-corrected chi connectivity index (χ0v) is 32.8. The summed E-state index contributed by atoms with van der Waals surface area (Å²) < 4.78 is 13.7. The number of methoxy groups -OCH3 is 1. The van der Waals surface area contributed by atoms with Gasteiger partial charge in [-0.05, 0) is 88.8 Å². The summed E-state index contributed by atoms with van der Waals surface area (Å²) in [6.07, 6.45) is 5.88. The van der Waals surface area contributed by atoms with Gasteiger partial charge in [0.15, 0.2) is 0 Å². The summed E-state index contributed by atoms with van der Waals surface area (Å²) >= 11 is 12.5. The molecule has 284 valence electrons. The maximum Gasteiger partial charge on any atom is 0.247 e. The molecule has 3 heterocycles. The van der Waals surface area contributed by atoms with Crippen LogP contribution in [0.4, 0.5) is 0 Å². The van der Waals surface area contributed by atoms with Crippen LogP contribution in [0.2, 0.25) is 10.0 Å². The largest absolute Gasteiger partial charge is 0.455 e. The molecule has 2 aromatic heterocycles. The molecule has 53 heavy (non-hydrogen) atoms. The number of hydrogen-bond donors (Lipinski definition) is 3. The van der Waals surface area contributed by atoms with Gasteiger partial charge >= 0.3 is 0 Å². The Morgan fingerprint density at radius 1 is 1.04 bits per heavy atom. The van der Waals surface area contributed by atoms with E-state index in [1.165, 1.54) is 7.11 Å². The number of halogens is 2. The quantitative estimate of drug-likeness (QED) is 0.143. The molecular weight excluding hydrogens is 715 g/mol. The fraction of sp³-hybridized carbons (Fsp3) is 0.436. The molecule has 2 unspecified atom stereocenters. The lowest BCUT2D eigenvalue weighted by molar-refractivity contribution is -0.142. The van der Waals surface area contributed by atoms with Gasteiger partial charge in [-0.25, -0.2) is 4.98 Å². The molecule has 3 atom stereocenters. The fourth-order valence-corrected chi connectivity index (χ4v) is 6.84. The average molecular weight is 766 g/mol. The van der Waals surface area contributed by atoms with E-state index in [4.69, 9.17) is 32.7 Å². The Kier molecular flexibility index (Phi) is 13.9. The van der Waals surface area contributed by atoms with E-state index in [2.05, 4.69) is 30.8 Å². The number of imidazole rings is 1. The number of likely N-dealkylation sites (N-methyl/N-ethyl adjacent to an activating group) is 1. The minimum absolute atomic E-state index is 0.0337. The Balaban J connectivity index is 1.22. The predicted molar refractivity (Wildman–Crippen MR) is 208 cm³/mol. The number of aromatic nitrogens is 3. The zero-order chi connectivity index (χ0) is 38.1. The van der Waals surface area contributed by atoms with E-state index in [1.807, 2.05) is 81.4 Å². The first kappa shape index (κ1) is 40.2. The van der Waals surface area contributed by atoms with Gasteiger partial charge in [-0.3, -0.25) is 14.6 Å². The van der Waals surface area contributed by atoms with Gasteiger partial charge in [0.2, 0.25) is 11.8 Å². The summed E-state index contributed by atoms with van der Waals surface area (Å²) in [6, 6.07) is 15.3. The summed E-state index contributed by atoms with van der Waals surface area (Å²) in [5.74, 6) is 1.46. The van der Waals surface area contributed by atoms with Crippen molar-refractivity contribution in [3.63, 3.8) is 0 Å². The number of hydrogen-bond acceptors (Lipinski definition) is 9. The van der Waals surface area contributed by atoms with Crippen LogP contribution in [0.15, 0.2) is 67.0 Å². The molecule has 1 aliphatic rings. The lowest BCUT2D eigenvalue weighted by Gasteiger charge is -2.46. The highest BCUT2D eigenvalue weighted by Crippen LogP contribution is 2.31. The Hall–Kier alpha value is -4.04. The average Bonchev–Trinajstić information content (AvgIpc) is 3.50. The number of ether oxygens (including phenoxy) is 2. The van der Waals surface area contributed by atoms with Gasteiger partial charge in [0.1, 0.15) is 23.4 Å². The van der Waals surface area contributed by atoms with E-state index < -0.39 is 17.6 Å². The lowest BCUT2D eigenvalue weighted by atomic mass is 9.82. The molecule has 0 radical (unpaired) electrons. The van der Waals surface area contributed by atoms with Gasteiger partial charge in [-0.1, -0.05) is 41.4 Å². The van der Waals surface area contributed by atoms with Crippen molar-refractivity contribution in [3.05, 3.63) is 94.0 Å². The van der Waals surface area contributed by atoms with Gasteiger partial charge in [-0.2, -0.15) is 0 Å². The first-order valence-electron chi connectivity index (χ1n) is 17.7. The number of rotatable bonds is 16. The molecule has 0 aliphatic carbocycles. The standard InChI is InChI=1S/C39H50Cl2N8O4/c1-26(37(50)46-33(24-52-6)38(51)49(5)39(16-7-17-42-25-39)19-27-8-11-29(40)12-9-27)43-20-28-10-13-30(41)18-35(28)53-31-14-15-32(44-21-31)34-22-45-36(48(34)4)23-47(2)3/h8-15,18,21-22,26,33,42-43H,7,16-17,19-20,23-25H2,1-6H3,(H,46,50)/t26?,33?,39-/m1/s1. The van der Waals surface area contributed by atoms with Crippen LogP contribution in [0.3, 0.4) is 0 Å². The second kappa shape index (κ2) is 18.3. The fourth-order valence-electron chi connectivity index (χ4n) is 6.56. The number of amides is 2. The minimum atomic E-state index is -0.874. The normalized spacial score (nSPS) is 17.0. The van der Waals surface area contributed by atoms with Gasteiger partial charge < -0.3 is 39.8 Å². The maximum atomic E-state index is 14.0. The van der Waals surface area contributed by atoms with Gasteiger partial charge in [-0.15, -0.1) is 0 Å².